The summed E-state index contributed by atoms with van der Waals surface area (Å²) in [5.74, 6) is 0.814. The van der Waals surface area contributed by atoms with Crippen LogP contribution in [0.2, 0.25) is 0 Å². The summed E-state index contributed by atoms with van der Waals surface area (Å²) in [5.41, 5.74) is 1.75. The van der Waals surface area contributed by atoms with Crippen molar-refractivity contribution < 1.29 is 10.2 Å². The molecule has 0 aliphatic carbocycles. The first-order valence-electron chi connectivity index (χ1n) is 7.04. The second-order valence-electron chi connectivity index (χ2n) is 5.19. The molecule has 4 nitrogen and oxygen atoms in total. The van der Waals surface area contributed by atoms with Crippen LogP contribution < -0.4 is 4.90 Å². The van der Waals surface area contributed by atoms with Gasteiger partial charge in [0.1, 0.15) is 5.82 Å². The summed E-state index contributed by atoms with van der Waals surface area (Å²) in [6.07, 6.45) is 0.692. The third-order valence-corrected chi connectivity index (χ3v) is 3.40. The van der Waals surface area contributed by atoms with Crippen molar-refractivity contribution >= 4 is 16.7 Å². The number of hydrogen-bond acceptors (Lipinski definition) is 4. The highest BCUT2D eigenvalue weighted by Crippen LogP contribution is 2.25. The predicted octanol–water partition coefficient (Wildman–Crippen LogP) is 2.32. The molecule has 0 spiro atoms. The zero-order valence-corrected chi connectivity index (χ0v) is 12.1. The van der Waals surface area contributed by atoms with Gasteiger partial charge in [0.2, 0.25) is 0 Å². The molecule has 1 aromatic heterocycles. The molecule has 0 radical (unpaired) electrons. The molecule has 2 aromatic rings. The minimum Gasteiger partial charge on any atom is -0.396 e. The molecule has 0 atom stereocenters. The first-order chi connectivity index (χ1) is 9.67. The fourth-order valence-electron chi connectivity index (χ4n) is 2.36. The highest BCUT2D eigenvalue weighted by molar-refractivity contribution is 5.81. The molecule has 2 N–H and O–H groups in total. The summed E-state index contributed by atoms with van der Waals surface area (Å²) < 4.78 is 0. The van der Waals surface area contributed by atoms with E-state index in [1.165, 1.54) is 0 Å². The van der Waals surface area contributed by atoms with E-state index in [2.05, 4.69) is 18.7 Å². The number of nitrogens with zero attached hydrogens (tertiary/aromatic N) is 2. The molecule has 0 saturated heterocycles. The lowest BCUT2D eigenvalue weighted by Crippen LogP contribution is -2.33. The normalized spacial score (nSPS) is 11.2. The van der Waals surface area contributed by atoms with Crippen molar-refractivity contribution in [3.8, 4) is 0 Å². The van der Waals surface area contributed by atoms with E-state index in [4.69, 9.17) is 10.1 Å². The van der Waals surface area contributed by atoms with Gasteiger partial charge in [-0.3, -0.25) is 0 Å². The second-order valence-corrected chi connectivity index (χ2v) is 5.19. The average Bonchev–Trinajstić information content (AvgIpc) is 2.46. The summed E-state index contributed by atoms with van der Waals surface area (Å²) in [6.45, 7) is 5.04. The Labute approximate surface area is 119 Å². The zero-order chi connectivity index (χ0) is 14.5. The van der Waals surface area contributed by atoms with Crippen LogP contribution in [-0.2, 0) is 6.61 Å². The summed E-state index contributed by atoms with van der Waals surface area (Å²) in [6, 6.07) is 10.2. The van der Waals surface area contributed by atoms with Gasteiger partial charge < -0.3 is 15.1 Å². The maximum atomic E-state index is 9.62. The smallest absolute Gasteiger partial charge is 0.135 e. The number of rotatable bonds is 6. The second kappa shape index (κ2) is 6.68. The van der Waals surface area contributed by atoms with Gasteiger partial charge in [0.25, 0.3) is 0 Å². The number of benzene rings is 1. The number of aliphatic hydroxyl groups excluding tert-OH is 2. The minimum atomic E-state index is -0.0322. The Morgan fingerprint density at radius 2 is 1.95 bits per heavy atom. The Bertz CT molecular complexity index is 569. The van der Waals surface area contributed by atoms with Crippen LogP contribution in [-0.4, -0.2) is 34.4 Å². The molecule has 0 aliphatic rings. The van der Waals surface area contributed by atoms with Gasteiger partial charge in [0, 0.05) is 30.1 Å². The molecule has 20 heavy (non-hydrogen) atoms. The van der Waals surface area contributed by atoms with Gasteiger partial charge in [0.05, 0.1) is 12.1 Å². The highest BCUT2D eigenvalue weighted by Gasteiger charge is 2.16. The van der Waals surface area contributed by atoms with Crippen molar-refractivity contribution in [2.75, 3.05) is 18.1 Å². The Balaban J connectivity index is 2.48. The van der Waals surface area contributed by atoms with E-state index in [-0.39, 0.29) is 19.3 Å². The van der Waals surface area contributed by atoms with Crippen LogP contribution in [0.4, 0.5) is 5.82 Å². The lowest BCUT2D eigenvalue weighted by Gasteiger charge is -2.29. The predicted molar refractivity (Wildman–Crippen MR) is 81.9 cm³/mol. The molecule has 0 unspecified atom stereocenters. The van der Waals surface area contributed by atoms with Crippen molar-refractivity contribution in [1.82, 2.24) is 4.98 Å². The van der Waals surface area contributed by atoms with E-state index in [9.17, 15) is 5.11 Å². The number of aromatic nitrogens is 1. The zero-order valence-electron chi connectivity index (χ0n) is 12.1. The van der Waals surface area contributed by atoms with Gasteiger partial charge in [0.15, 0.2) is 0 Å². The van der Waals surface area contributed by atoms with Crippen molar-refractivity contribution in [2.24, 2.45) is 0 Å². The van der Waals surface area contributed by atoms with Crippen LogP contribution in [0, 0.1) is 0 Å². The Morgan fingerprint density at radius 1 is 1.20 bits per heavy atom. The first-order valence-corrected chi connectivity index (χ1v) is 7.04. The van der Waals surface area contributed by atoms with Crippen molar-refractivity contribution in [3.63, 3.8) is 0 Å². The van der Waals surface area contributed by atoms with Gasteiger partial charge in [-0.1, -0.05) is 18.2 Å². The van der Waals surface area contributed by atoms with Crippen LogP contribution in [0.1, 0.15) is 25.8 Å². The minimum absolute atomic E-state index is 0.0322. The average molecular weight is 274 g/mol. The fourth-order valence-corrected chi connectivity index (χ4v) is 2.36. The summed E-state index contributed by atoms with van der Waals surface area (Å²) in [5, 5.41) is 19.7. The molecule has 0 amide bonds. The standard InChI is InChI=1S/C16H22N2O2/c1-12(2)18(8-5-9-19)16-14(11-20)10-13-6-3-4-7-15(13)17-16/h3-4,6-7,10,12,19-20H,5,8-9,11H2,1-2H3. The largest absolute Gasteiger partial charge is 0.396 e. The molecule has 0 fully saturated rings. The van der Waals surface area contributed by atoms with E-state index in [1.54, 1.807) is 0 Å². The highest BCUT2D eigenvalue weighted by atomic mass is 16.3. The third kappa shape index (κ3) is 3.08. The molecule has 1 heterocycles. The molecule has 108 valence electrons. The number of anilines is 1. The maximum Gasteiger partial charge on any atom is 0.135 e. The number of aliphatic hydroxyl groups is 2. The lowest BCUT2D eigenvalue weighted by atomic mass is 10.1. The molecule has 0 saturated carbocycles. The Morgan fingerprint density at radius 3 is 2.60 bits per heavy atom. The van der Waals surface area contributed by atoms with Crippen molar-refractivity contribution in [1.29, 1.82) is 0 Å². The summed E-state index contributed by atoms with van der Waals surface area (Å²) in [4.78, 5) is 6.84. The van der Waals surface area contributed by atoms with E-state index in [0.717, 1.165) is 28.8 Å². The number of para-hydroxylation sites is 1. The van der Waals surface area contributed by atoms with Crippen LogP contribution in [0.3, 0.4) is 0 Å². The van der Waals surface area contributed by atoms with Crippen LogP contribution in [0.25, 0.3) is 10.9 Å². The molecule has 1 aromatic carbocycles. The van der Waals surface area contributed by atoms with Crippen LogP contribution in [0.5, 0.6) is 0 Å². The van der Waals surface area contributed by atoms with Crippen molar-refractivity contribution in [2.45, 2.75) is 32.9 Å². The molecule has 4 heteroatoms. The van der Waals surface area contributed by atoms with E-state index >= 15 is 0 Å². The van der Waals surface area contributed by atoms with E-state index in [1.807, 2.05) is 30.3 Å². The Hall–Kier alpha value is -1.65. The molecule has 2 rings (SSSR count). The van der Waals surface area contributed by atoms with Crippen LogP contribution >= 0.6 is 0 Å². The molecule has 0 aliphatic heterocycles. The SMILES string of the molecule is CC(C)N(CCCO)c1nc2ccccc2cc1CO. The van der Waals surface area contributed by atoms with Gasteiger partial charge >= 0.3 is 0 Å². The summed E-state index contributed by atoms with van der Waals surface area (Å²) >= 11 is 0. The third-order valence-electron chi connectivity index (χ3n) is 3.40. The van der Waals surface area contributed by atoms with Crippen molar-refractivity contribution in [3.05, 3.63) is 35.9 Å². The first kappa shape index (κ1) is 14.8. The molecular formula is C16H22N2O2. The van der Waals surface area contributed by atoms with E-state index < -0.39 is 0 Å². The summed E-state index contributed by atoms with van der Waals surface area (Å²) in [7, 11) is 0. The monoisotopic (exact) mass is 274 g/mol. The maximum absolute atomic E-state index is 9.62. The van der Waals surface area contributed by atoms with Gasteiger partial charge in [-0.25, -0.2) is 4.98 Å². The van der Waals surface area contributed by atoms with Gasteiger partial charge in [-0.05, 0) is 32.4 Å². The lowest BCUT2D eigenvalue weighted by molar-refractivity contribution is 0.280. The quantitative estimate of drug-likeness (QED) is 0.849. The number of pyridine rings is 1. The number of hydrogen-bond donors (Lipinski definition) is 2. The fraction of sp³-hybridized carbons (Fsp3) is 0.438. The van der Waals surface area contributed by atoms with Gasteiger partial charge in [-0.15, -0.1) is 0 Å². The Kier molecular flexibility index (Phi) is 4.93. The van der Waals surface area contributed by atoms with E-state index in [0.29, 0.717) is 6.42 Å². The molecule has 0 bridgehead atoms. The topological polar surface area (TPSA) is 56.6 Å². The van der Waals surface area contributed by atoms with Crippen LogP contribution in [0.15, 0.2) is 30.3 Å². The molecular weight excluding hydrogens is 252 g/mol. The van der Waals surface area contributed by atoms with Gasteiger partial charge in [-0.2, -0.15) is 0 Å². The number of fused-ring (bicyclic) bond motifs is 1.